The zero-order valence-electron chi connectivity index (χ0n) is 11.0. The van der Waals surface area contributed by atoms with E-state index < -0.39 is 0 Å². The van der Waals surface area contributed by atoms with Gasteiger partial charge in [0, 0.05) is 18.9 Å². The Hall–Kier alpha value is -1.52. The molecule has 0 fully saturated rings. The van der Waals surface area contributed by atoms with Crippen molar-refractivity contribution in [1.82, 2.24) is 19.1 Å². The maximum absolute atomic E-state index is 6.34. The first-order valence-corrected chi connectivity index (χ1v) is 7.29. The average Bonchev–Trinajstić information content (AvgIpc) is 3.05. The van der Waals surface area contributed by atoms with Gasteiger partial charge in [0.15, 0.2) is 0 Å². The third-order valence-corrected chi connectivity index (χ3v) is 3.87. The molecule has 0 radical (unpaired) electrons. The summed E-state index contributed by atoms with van der Waals surface area (Å²) >= 11 is 12.4. The predicted octanol–water partition coefficient (Wildman–Crippen LogP) is 3.89. The van der Waals surface area contributed by atoms with E-state index in [9.17, 15) is 0 Å². The third kappa shape index (κ3) is 2.30. The molecule has 0 amide bonds. The van der Waals surface area contributed by atoms with Crippen LogP contribution in [0.3, 0.4) is 0 Å². The van der Waals surface area contributed by atoms with Gasteiger partial charge in [-0.3, -0.25) is 0 Å². The van der Waals surface area contributed by atoms with Crippen molar-refractivity contribution in [3.8, 4) is 0 Å². The minimum absolute atomic E-state index is 0.183. The van der Waals surface area contributed by atoms with Crippen LogP contribution in [0, 0.1) is 0 Å². The molecule has 0 aliphatic rings. The van der Waals surface area contributed by atoms with Gasteiger partial charge >= 0.3 is 0 Å². The van der Waals surface area contributed by atoms with Crippen LogP contribution in [-0.4, -0.2) is 19.1 Å². The molecule has 0 spiro atoms. The van der Waals surface area contributed by atoms with Crippen molar-refractivity contribution in [2.45, 2.75) is 25.4 Å². The van der Waals surface area contributed by atoms with Crippen LogP contribution in [0.5, 0.6) is 0 Å². The SMILES string of the molecule is CC(Cn1ccnc1)n1c(CCl)nc2cccc(Cl)c21. The lowest BCUT2D eigenvalue weighted by molar-refractivity contribution is 0.464. The van der Waals surface area contributed by atoms with E-state index in [1.54, 1.807) is 12.5 Å². The molecule has 104 valence electrons. The molecule has 0 saturated heterocycles. The molecule has 0 saturated carbocycles. The van der Waals surface area contributed by atoms with Gasteiger partial charge in [-0.25, -0.2) is 9.97 Å². The molecule has 1 atom stereocenters. The summed E-state index contributed by atoms with van der Waals surface area (Å²) in [6, 6.07) is 5.92. The molecule has 3 rings (SSSR count). The first-order valence-electron chi connectivity index (χ1n) is 6.37. The van der Waals surface area contributed by atoms with Crippen LogP contribution in [-0.2, 0) is 12.4 Å². The molecule has 1 unspecified atom stereocenters. The Labute approximate surface area is 127 Å². The van der Waals surface area contributed by atoms with Crippen molar-refractivity contribution in [1.29, 1.82) is 0 Å². The van der Waals surface area contributed by atoms with E-state index >= 15 is 0 Å². The molecule has 0 bridgehead atoms. The standard InChI is InChI=1S/C14H14Cl2N4/c1-10(8-19-6-5-17-9-19)20-13(7-15)18-12-4-2-3-11(16)14(12)20/h2-6,9-10H,7-8H2,1H3. The first kappa shape index (κ1) is 13.5. The number of rotatable bonds is 4. The fourth-order valence-electron chi connectivity index (χ4n) is 2.51. The lowest BCUT2D eigenvalue weighted by atomic mass is 10.2. The number of hydrogen-bond donors (Lipinski definition) is 0. The monoisotopic (exact) mass is 308 g/mol. The topological polar surface area (TPSA) is 35.6 Å². The van der Waals surface area contributed by atoms with Gasteiger partial charge in [-0.1, -0.05) is 17.7 Å². The van der Waals surface area contributed by atoms with Gasteiger partial charge in [-0.05, 0) is 19.1 Å². The Morgan fingerprint density at radius 3 is 2.90 bits per heavy atom. The number of halogens is 2. The molecule has 0 aliphatic heterocycles. The van der Waals surface area contributed by atoms with Crippen molar-refractivity contribution in [2.24, 2.45) is 0 Å². The Kier molecular flexibility index (Phi) is 3.68. The number of benzene rings is 1. The van der Waals surface area contributed by atoms with E-state index in [0.29, 0.717) is 10.9 Å². The second kappa shape index (κ2) is 5.46. The highest BCUT2D eigenvalue weighted by Gasteiger charge is 2.17. The highest BCUT2D eigenvalue weighted by Crippen LogP contribution is 2.29. The van der Waals surface area contributed by atoms with Crippen molar-refractivity contribution in [2.75, 3.05) is 0 Å². The second-order valence-electron chi connectivity index (χ2n) is 4.75. The summed E-state index contributed by atoms with van der Waals surface area (Å²) in [6.07, 6.45) is 5.52. The normalized spacial score (nSPS) is 12.9. The Morgan fingerprint density at radius 1 is 1.35 bits per heavy atom. The second-order valence-corrected chi connectivity index (χ2v) is 5.42. The summed E-state index contributed by atoms with van der Waals surface area (Å²) in [5, 5.41) is 0.698. The van der Waals surface area contributed by atoms with Gasteiger partial charge in [0.05, 0.1) is 34.3 Å². The fraction of sp³-hybridized carbons (Fsp3) is 0.286. The lowest BCUT2D eigenvalue weighted by Crippen LogP contribution is -2.14. The molecule has 20 heavy (non-hydrogen) atoms. The van der Waals surface area contributed by atoms with Crippen LogP contribution >= 0.6 is 23.2 Å². The van der Waals surface area contributed by atoms with Gasteiger partial charge in [0.25, 0.3) is 0 Å². The number of nitrogens with zero attached hydrogens (tertiary/aromatic N) is 4. The Balaban J connectivity index is 2.09. The summed E-state index contributed by atoms with van der Waals surface area (Å²) < 4.78 is 4.15. The van der Waals surface area contributed by atoms with Crippen LogP contribution in [0.25, 0.3) is 11.0 Å². The van der Waals surface area contributed by atoms with Crippen LogP contribution in [0.1, 0.15) is 18.8 Å². The molecule has 6 heteroatoms. The summed E-state index contributed by atoms with van der Waals surface area (Å²) in [6.45, 7) is 2.92. The van der Waals surface area contributed by atoms with E-state index in [1.807, 2.05) is 29.0 Å². The number of hydrogen-bond acceptors (Lipinski definition) is 2. The maximum atomic E-state index is 6.34. The zero-order chi connectivity index (χ0) is 14.1. The van der Waals surface area contributed by atoms with Crippen LogP contribution in [0.2, 0.25) is 5.02 Å². The highest BCUT2D eigenvalue weighted by molar-refractivity contribution is 6.35. The smallest absolute Gasteiger partial charge is 0.125 e. The molecular weight excluding hydrogens is 295 g/mol. The van der Waals surface area contributed by atoms with Crippen LogP contribution in [0.4, 0.5) is 0 Å². The largest absolute Gasteiger partial charge is 0.335 e. The van der Waals surface area contributed by atoms with Crippen molar-refractivity contribution in [3.05, 3.63) is 47.8 Å². The van der Waals surface area contributed by atoms with E-state index in [2.05, 4.69) is 21.5 Å². The Morgan fingerprint density at radius 2 is 2.20 bits per heavy atom. The van der Waals surface area contributed by atoms with Gasteiger partial charge < -0.3 is 9.13 Å². The van der Waals surface area contributed by atoms with Gasteiger partial charge in [-0.15, -0.1) is 11.6 Å². The number of imidazole rings is 2. The van der Waals surface area contributed by atoms with E-state index in [-0.39, 0.29) is 6.04 Å². The quantitative estimate of drug-likeness (QED) is 0.686. The molecule has 0 aliphatic carbocycles. The molecule has 4 nitrogen and oxygen atoms in total. The van der Waals surface area contributed by atoms with Gasteiger partial charge in [0.1, 0.15) is 5.82 Å². The van der Waals surface area contributed by atoms with Gasteiger partial charge in [-0.2, -0.15) is 0 Å². The van der Waals surface area contributed by atoms with E-state index in [1.165, 1.54) is 0 Å². The molecule has 1 aromatic carbocycles. The molecule has 0 N–H and O–H groups in total. The van der Waals surface area contributed by atoms with Crippen molar-refractivity contribution < 1.29 is 0 Å². The predicted molar refractivity (Wildman–Crippen MR) is 81.2 cm³/mol. The summed E-state index contributed by atoms with van der Waals surface area (Å²) in [5.74, 6) is 1.20. The number of fused-ring (bicyclic) bond motifs is 1. The molecule has 2 heterocycles. The maximum Gasteiger partial charge on any atom is 0.125 e. The van der Waals surface area contributed by atoms with Crippen LogP contribution < -0.4 is 0 Å². The summed E-state index contributed by atoms with van der Waals surface area (Å²) in [5.41, 5.74) is 1.82. The molecular formula is C14H14Cl2N4. The average molecular weight is 309 g/mol. The highest BCUT2D eigenvalue weighted by atomic mass is 35.5. The number of para-hydroxylation sites is 1. The number of aromatic nitrogens is 4. The summed E-state index contributed by atoms with van der Waals surface area (Å²) in [7, 11) is 0. The molecule has 2 aromatic heterocycles. The minimum atomic E-state index is 0.183. The van der Waals surface area contributed by atoms with E-state index in [0.717, 1.165) is 23.4 Å². The first-order chi connectivity index (χ1) is 9.70. The molecule has 3 aromatic rings. The number of alkyl halides is 1. The van der Waals surface area contributed by atoms with Crippen molar-refractivity contribution in [3.63, 3.8) is 0 Å². The lowest BCUT2D eigenvalue weighted by Gasteiger charge is -2.18. The zero-order valence-corrected chi connectivity index (χ0v) is 12.5. The van der Waals surface area contributed by atoms with Crippen LogP contribution in [0.15, 0.2) is 36.9 Å². The van der Waals surface area contributed by atoms with Crippen molar-refractivity contribution >= 4 is 34.2 Å². The fourth-order valence-corrected chi connectivity index (χ4v) is 2.95. The summed E-state index contributed by atoms with van der Waals surface area (Å²) in [4.78, 5) is 8.63. The van der Waals surface area contributed by atoms with E-state index in [4.69, 9.17) is 23.2 Å². The third-order valence-electron chi connectivity index (χ3n) is 3.33. The van der Waals surface area contributed by atoms with Gasteiger partial charge in [0.2, 0.25) is 0 Å². The minimum Gasteiger partial charge on any atom is -0.335 e. The Bertz CT molecular complexity index is 718.